The van der Waals surface area contributed by atoms with Gasteiger partial charge in [-0.05, 0) is 37.1 Å². The Morgan fingerprint density at radius 3 is 2.59 bits per heavy atom. The van der Waals surface area contributed by atoms with Gasteiger partial charge in [0.25, 0.3) is 5.22 Å². The maximum absolute atomic E-state index is 12.1. The van der Waals surface area contributed by atoms with Crippen LogP contribution in [0.5, 0.6) is 0 Å². The van der Waals surface area contributed by atoms with Gasteiger partial charge in [0.15, 0.2) is 5.58 Å². The van der Waals surface area contributed by atoms with E-state index in [1.807, 2.05) is 56.3 Å². The number of carbonyl (C=O) groups excluding carboxylic acids is 1. The fraction of sp³-hybridized carbons (Fsp3) is 0.176. The molecule has 0 fully saturated rings. The number of aryl methyl sites for hydroxylation is 2. The highest BCUT2D eigenvalue weighted by Gasteiger charge is 2.11. The van der Waals surface area contributed by atoms with Gasteiger partial charge >= 0.3 is 0 Å². The summed E-state index contributed by atoms with van der Waals surface area (Å²) in [5.41, 5.74) is 4.53. The summed E-state index contributed by atoms with van der Waals surface area (Å²) in [7, 11) is 0. The molecule has 0 unspecified atom stereocenters. The number of benzene rings is 2. The van der Waals surface area contributed by atoms with Crippen LogP contribution in [0.3, 0.4) is 0 Å². The van der Waals surface area contributed by atoms with Gasteiger partial charge in [0, 0.05) is 5.69 Å². The number of nitrogens with one attached hydrogen (secondary N) is 1. The monoisotopic (exact) mass is 312 g/mol. The van der Waals surface area contributed by atoms with Crippen LogP contribution in [0.2, 0.25) is 0 Å². The molecule has 0 saturated carbocycles. The molecule has 1 amide bonds. The molecule has 0 spiro atoms. The Kier molecular flexibility index (Phi) is 4.15. The van der Waals surface area contributed by atoms with E-state index < -0.39 is 0 Å². The number of hydrogen-bond donors (Lipinski definition) is 1. The quantitative estimate of drug-likeness (QED) is 0.734. The van der Waals surface area contributed by atoms with Crippen molar-refractivity contribution in [2.45, 2.75) is 19.1 Å². The minimum Gasteiger partial charge on any atom is -0.431 e. The number of hydrogen-bond acceptors (Lipinski definition) is 4. The van der Waals surface area contributed by atoms with Gasteiger partial charge in [-0.3, -0.25) is 4.79 Å². The maximum atomic E-state index is 12.1. The molecule has 5 heteroatoms. The van der Waals surface area contributed by atoms with E-state index in [0.717, 1.165) is 27.9 Å². The Bertz CT molecular complexity index is 773. The molecule has 3 rings (SSSR count). The van der Waals surface area contributed by atoms with E-state index in [1.54, 1.807) is 0 Å². The number of rotatable bonds is 4. The largest absolute Gasteiger partial charge is 0.431 e. The summed E-state index contributed by atoms with van der Waals surface area (Å²) in [6.45, 7) is 3.97. The molecule has 1 aromatic heterocycles. The van der Waals surface area contributed by atoms with Crippen molar-refractivity contribution in [3.63, 3.8) is 0 Å². The van der Waals surface area contributed by atoms with Crippen LogP contribution in [0.25, 0.3) is 11.1 Å². The molecule has 1 heterocycles. The number of oxazole rings is 1. The van der Waals surface area contributed by atoms with Crippen molar-refractivity contribution >= 4 is 34.5 Å². The second-order valence-corrected chi connectivity index (χ2v) is 5.98. The zero-order valence-electron chi connectivity index (χ0n) is 12.4. The van der Waals surface area contributed by atoms with Crippen LogP contribution in [-0.2, 0) is 4.79 Å². The van der Waals surface area contributed by atoms with Crippen molar-refractivity contribution in [1.29, 1.82) is 0 Å². The van der Waals surface area contributed by atoms with Gasteiger partial charge in [-0.2, -0.15) is 0 Å². The van der Waals surface area contributed by atoms with Crippen LogP contribution in [0.1, 0.15) is 11.1 Å². The van der Waals surface area contributed by atoms with Crippen molar-refractivity contribution in [2.75, 3.05) is 11.1 Å². The lowest BCUT2D eigenvalue weighted by molar-refractivity contribution is -0.113. The first-order valence-electron chi connectivity index (χ1n) is 6.98. The van der Waals surface area contributed by atoms with Gasteiger partial charge < -0.3 is 9.73 Å². The molecule has 4 nitrogen and oxygen atoms in total. The van der Waals surface area contributed by atoms with Crippen molar-refractivity contribution in [1.82, 2.24) is 4.98 Å². The molecule has 2 aromatic carbocycles. The van der Waals surface area contributed by atoms with Crippen LogP contribution in [-0.4, -0.2) is 16.6 Å². The molecule has 0 atom stereocenters. The molecule has 22 heavy (non-hydrogen) atoms. The average molecular weight is 312 g/mol. The van der Waals surface area contributed by atoms with E-state index in [1.165, 1.54) is 11.8 Å². The van der Waals surface area contributed by atoms with Gasteiger partial charge in [-0.15, -0.1) is 0 Å². The lowest BCUT2D eigenvalue weighted by Crippen LogP contribution is -2.15. The first-order chi connectivity index (χ1) is 10.6. The molecular weight excluding hydrogens is 296 g/mol. The van der Waals surface area contributed by atoms with Crippen LogP contribution in [0, 0.1) is 13.8 Å². The fourth-order valence-electron chi connectivity index (χ4n) is 2.23. The van der Waals surface area contributed by atoms with Crippen LogP contribution < -0.4 is 5.32 Å². The molecule has 0 aliphatic heterocycles. The molecule has 0 aliphatic rings. The average Bonchev–Trinajstić information content (AvgIpc) is 2.92. The smallest absolute Gasteiger partial charge is 0.257 e. The van der Waals surface area contributed by atoms with Crippen molar-refractivity contribution < 1.29 is 9.21 Å². The number of thioether (sulfide) groups is 1. The predicted molar refractivity (Wildman–Crippen MR) is 89.3 cm³/mol. The van der Waals surface area contributed by atoms with Crippen LogP contribution in [0.4, 0.5) is 5.69 Å². The van der Waals surface area contributed by atoms with Gasteiger partial charge in [0.1, 0.15) is 5.52 Å². The Morgan fingerprint density at radius 2 is 1.86 bits per heavy atom. The summed E-state index contributed by atoms with van der Waals surface area (Å²) in [6, 6.07) is 13.5. The number of nitrogens with zero attached hydrogens (tertiary/aromatic N) is 1. The molecule has 0 radical (unpaired) electrons. The third kappa shape index (κ3) is 3.14. The zero-order valence-corrected chi connectivity index (χ0v) is 13.2. The summed E-state index contributed by atoms with van der Waals surface area (Å²) in [6.07, 6.45) is 0. The lowest BCUT2D eigenvalue weighted by Gasteiger charge is -2.10. The third-order valence-electron chi connectivity index (χ3n) is 3.35. The number of anilines is 1. The highest BCUT2D eigenvalue weighted by molar-refractivity contribution is 7.99. The summed E-state index contributed by atoms with van der Waals surface area (Å²) >= 11 is 1.30. The zero-order chi connectivity index (χ0) is 15.5. The van der Waals surface area contributed by atoms with Crippen LogP contribution in [0.15, 0.2) is 52.1 Å². The summed E-state index contributed by atoms with van der Waals surface area (Å²) in [4.78, 5) is 16.4. The van der Waals surface area contributed by atoms with Gasteiger partial charge in [0.05, 0.1) is 5.75 Å². The normalized spacial score (nSPS) is 10.8. The van der Waals surface area contributed by atoms with Crippen molar-refractivity contribution in [3.05, 3.63) is 53.6 Å². The Balaban J connectivity index is 1.65. The highest BCUT2D eigenvalue weighted by Crippen LogP contribution is 2.24. The summed E-state index contributed by atoms with van der Waals surface area (Å²) in [5.74, 6) is 0.199. The van der Waals surface area contributed by atoms with E-state index in [9.17, 15) is 4.79 Å². The molecule has 3 aromatic rings. The third-order valence-corrected chi connectivity index (χ3v) is 4.17. The Hall–Kier alpha value is -2.27. The maximum Gasteiger partial charge on any atom is 0.257 e. The molecule has 0 bridgehead atoms. The van der Waals surface area contributed by atoms with E-state index in [-0.39, 0.29) is 11.7 Å². The molecule has 0 saturated heterocycles. The number of para-hydroxylation sites is 3. The number of aromatic nitrogens is 1. The van der Waals surface area contributed by atoms with Gasteiger partial charge in [0.2, 0.25) is 5.91 Å². The van der Waals surface area contributed by atoms with Gasteiger partial charge in [-0.25, -0.2) is 4.98 Å². The SMILES string of the molecule is Cc1cccc(C)c1NC(=O)CSc1nc2ccccc2o1. The highest BCUT2D eigenvalue weighted by atomic mass is 32.2. The molecule has 1 N–H and O–H groups in total. The van der Waals surface area contributed by atoms with E-state index >= 15 is 0 Å². The summed E-state index contributed by atoms with van der Waals surface area (Å²) in [5, 5.41) is 3.47. The lowest BCUT2D eigenvalue weighted by atomic mass is 10.1. The van der Waals surface area contributed by atoms with E-state index in [0.29, 0.717) is 5.22 Å². The van der Waals surface area contributed by atoms with Crippen molar-refractivity contribution in [2.24, 2.45) is 0 Å². The number of amides is 1. The predicted octanol–water partition coefficient (Wildman–Crippen LogP) is 4.18. The summed E-state index contributed by atoms with van der Waals surface area (Å²) < 4.78 is 5.59. The minimum absolute atomic E-state index is 0.0651. The van der Waals surface area contributed by atoms with Crippen molar-refractivity contribution in [3.8, 4) is 0 Å². The van der Waals surface area contributed by atoms with Gasteiger partial charge in [-0.1, -0.05) is 42.1 Å². The fourth-order valence-corrected chi connectivity index (χ4v) is 2.87. The standard InChI is InChI=1S/C17H16N2O2S/c1-11-6-5-7-12(2)16(11)19-15(20)10-22-17-18-13-8-3-4-9-14(13)21-17/h3-9H,10H2,1-2H3,(H,19,20). The number of fused-ring (bicyclic) bond motifs is 1. The molecule has 0 aliphatic carbocycles. The second kappa shape index (κ2) is 6.23. The molecule has 112 valence electrons. The number of carbonyl (C=O) groups is 1. The van der Waals surface area contributed by atoms with E-state index in [4.69, 9.17) is 4.42 Å². The Labute approximate surface area is 132 Å². The minimum atomic E-state index is -0.0651. The topological polar surface area (TPSA) is 55.1 Å². The second-order valence-electron chi connectivity index (χ2n) is 5.05. The van der Waals surface area contributed by atoms with E-state index in [2.05, 4.69) is 10.3 Å². The first-order valence-corrected chi connectivity index (χ1v) is 7.96. The first kappa shape index (κ1) is 14.7. The Morgan fingerprint density at radius 1 is 1.14 bits per heavy atom. The van der Waals surface area contributed by atoms with Crippen LogP contribution >= 0.6 is 11.8 Å². The molecular formula is C17H16N2O2S.